The Hall–Kier alpha value is -0.110. The van der Waals surface area contributed by atoms with E-state index in [-0.39, 0.29) is 5.75 Å². The van der Waals surface area contributed by atoms with E-state index in [0.29, 0.717) is 18.2 Å². The van der Waals surface area contributed by atoms with Crippen LogP contribution < -0.4 is 10.0 Å². The molecule has 0 aliphatic heterocycles. The first-order valence-corrected chi connectivity index (χ1v) is 9.73. The predicted octanol–water partition coefficient (Wildman–Crippen LogP) is 3.73. The van der Waals surface area contributed by atoms with Gasteiger partial charge in [-0.3, -0.25) is 4.72 Å². The van der Waals surface area contributed by atoms with Crippen molar-refractivity contribution in [3.63, 3.8) is 0 Å². The maximum absolute atomic E-state index is 12.0. The first-order valence-electron chi connectivity index (χ1n) is 6.49. The Balaban J connectivity index is 2.47. The molecule has 0 fully saturated rings. The Morgan fingerprint density at radius 3 is 2.55 bits per heavy atom. The van der Waals surface area contributed by atoms with Crippen LogP contribution in [0, 0.1) is 0 Å². The van der Waals surface area contributed by atoms with Gasteiger partial charge in [0.05, 0.1) is 11.4 Å². The summed E-state index contributed by atoms with van der Waals surface area (Å²) in [4.78, 5) is 0. The van der Waals surface area contributed by atoms with Crippen LogP contribution in [0.4, 0.5) is 5.69 Å². The summed E-state index contributed by atoms with van der Waals surface area (Å²) >= 11 is 6.66. The van der Waals surface area contributed by atoms with Gasteiger partial charge in [0.25, 0.3) is 0 Å². The fraction of sp³-hybridized carbons (Fsp3) is 0.538. The van der Waals surface area contributed by atoms with Gasteiger partial charge in [0, 0.05) is 15.0 Å². The Kier molecular flexibility index (Phi) is 7.50. The van der Waals surface area contributed by atoms with Crippen LogP contribution >= 0.6 is 31.9 Å². The molecule has 0 bridgehead atoms. The number of sulfonamides is 1. The van der Waals surface area contributed by atoms with Gasteiger partial charge in [0.2, 0.25) is 10.0 Å². The van der Waals surface area contributed by atoms with Crippen LogP contribution in [0.15, 0.2) is 27.1 Å². The van der Waals surface area contributed by atoms with Gasteiger partial charge in [-0.1, -0.05) is 29.8 Å². The van der Waals surface area contributed by atoms with Crippen molar-refractivity contribution < 1.29 is 8.42 Å². The van der Waals surface area contributed by atoms with E-state index in [1.165, 1.54) is 0 Å². The lowest BCUT2D eigenvalue weighted by molar-refractivity contribution is 0.561. The summed E-state index contributed by atoms with van der Waals surface area (Å²) in [5.41, 5.74) is 0.555. The molecule has 7 heteroatoms. The summed E-state index contributed by atoms with van der Waals surface area (Å²) in [7, 11) is -3.30. The summed E-state index contributed by atoms with van der Waals surface area (Å²) in [5, 5.41) is 3.27. The fourth-order valence-electron chi connectivity index (χ4n) is 1.60. The van der Waals surface area contributed by atoms with Gasteiger partial charge in [-0.2, -0.15) is 0 Å². The highest BCUT2D eigenvalue weighted by atomic mass is 79.9. The van der Waals surface area contributed by atoms with E-state index in [1.807, 2.05) is 6.07 Å². The Labute approximate surface area is 138 Å². The molecule has 1 rings (SSSR count). The lowest BCUT2D eigenvalue weighted by atomic mass is 10.3. The average molecular weight is 428 g/mol. The third-order valence-electron chi connectivity index (χ3n) is 2.59. The number of hydrogen-bond acceptors (Lipinski definition) is 3. The minimum atomic E-state index is -3.30. The van der Waals surface area contributed by atoms with E-state index in [9.17, 15) is 8.42 Å². The summed E-state index contributed by atoms with van der Waals surface area (Å²) < 4.78 is 28.1. The number of unbranched alkanes of at least 4 members (excludes halogenated alkanes) is 1. The monoisotopic (exact) mass is 426 g/mol. The molecule has 0 heterocycles. The molecule has 0 amide bonds. The molecule has 2 N–H and O–H groups in total. The lowest BCUT2D eigenvalue weighted by Gasteiger charge is -2.11. The maximum atomic E-state index is 12.0. The molecule has 0 aliphatic rings. The molecule has 20 heavy (non-hydrogen) atoms. The van der Waals surface area contributed by atoms with Gasteiger partial charge in [-0.05, 0) is 53.5 Å². The topological polar surface area (TPSA) is 58.2 Å². The van der Waals surface area contributed by atoms with Gasteiger partial charge in [-0.25, -0.2) is 8.42 Å². The second-order valence-electron chi connectivity index (χ2n) is 4.86. The molecule has 0 saturated carbocycles. The first kappa shape index (κ1) is 17.9. The largest absolute Gasteiger partial charge is 0.315 e. The number of benzene rings is 1. The second-order valence-corrected chi connectivity index (χ2v) is 8.47. The summed E-state index contributed by atoms with van der Waals surface area (Å²) in [6, 6.07) is 5.82. The van der Waals surface area contributed by atoms with Crippen molar-refractivity contribution in [2.24, 2.45) is 0 Å². The molecular formula is C13H20Br2N2O2S. The maximum Gasteiger partial charge on any atom is 0.232 e. The smallest absolute Gasteiger partial charge is 0.232 e. The van der Waals surface area contributed by atoms with Crippen molar-refractivity contribution in [1.29, 1.82) is 0 Å². The second kappa shape index (κ2) is 8.36. The molecule has 0 aliphatic carbocycles. The van der Waals surface area contributed by atoms with E-state index in [1.54, 1.807) is 12.1 Å². The number of halogens is 2. The van der Waals surface area contributed by atoms with Gasteiger partial charge in [-0.15, -0.1) is 0 Å². The van der Waals surface area contributed by atoms with E-state index in [4.69, 9.17) is 0 Å². The van der Waals surface area contributed by atoms with Crippen LogP contribution in [0.3, 0.4) is 0 Å². The Morgan fingerprint density at radius 2 is 1.90 bits per heavy atom. The van der Waals surface area contributed by atoms with Crippen LogP contribution in [0.25, 0.3) is 0 Å². The quantitative estimate of drug-likeness (QED) is 0.621. The Bertz CT molecular complexity index is 533. The highest BCUT2D eigenvalue weighted by Gasteiger charge is 2.12. The van der Waals surface area contributed by atoms with Crippen molar-refractivity contribution in [3.8, 4) is 0 Å². The summed E-state index contributed by atoms with van der Waals surface area (Å²) in [6.45, 7) is 4.99. The molecule has 0 unspecified atom stereocenters. The molecule has 0 spiro atoms. The zero-order valence-corrected chi connectivity index (χ0v) is 15.6. The van der Waals surface area contributed by atoms with Crippen LogP contribution in [0.5, 0.6) is 0 Å². The lowest BCUT2D eigenvalue weighted by Crippen LogP contribution is -2.24. The zero-order valence-electron chi connectivity index (χ0n) is 11.6. The molecule has 1 aromatic rings. The van der Waals surface area contributed by atoms with Crippen LogP contribution in [-0.2, 0) is 10.0 Å². The van der Waals surface area contributed by atoms with E-state index in [2.05, 4.69) is 55.7 Å². The first-order chi connectivity index (χ1) is 9.30. The number of rotatable bonds is 8. The minimum absolute atomic E-state index is 0.131. The van der Waals surface area contributed by atoms with E-state index >= 15 is 0 Å². The standard InChI is InChI=1S/C13H20Br2N2O2S/c1-10(2)16-7-3-4-8-20(18,19)17-13-9-11(14)5-6-12(13)15/h5-6,9-10,16-17H,3-4,7-8H2,1-2H3. The van der Waals surface area contributed by atoms with Crippen LogP contribution in [0.1, 0.15) is 26.7 Å². The minimum Gasteiger partial charge on any atom is -0.315 e. The number of hydrogen-bond donors (Lipinski definition) is 2. The van der Waals surface area contributed by atoms with Crippen molar-refractivity contribution in [1.82, 2.24) is 5.32 Å². The van der Waals surface area contributed by atoms with Gasteiger partial charge >= 0.3 is 0 Å². The molecule has 0 saturated heterocycles. The third-order valence-corrected chi connectivity index (χ3v) is 5.13. The Morgan fingerprint density at radius 1 is 1.20 bits per heavy atom. The summed E-state index contributed by atoms with van der Waals surface area (Å²) in [6.07, 6.45) is 1.49. The normalized spacial score (nSPS) is 11.8. The SMILES string of the molecule is CC(C)NCCCCS(=O)(=O)Nc1cc(Br)ccc1Br. The van der Waals surface area contributed by atoms with Crippen molar-refractivity contribution >= 4 is 47.6 Å². The summed E-state index contributed by atoms with van der Waals surface area (Å²) in [5.74, 6) is 0.131. The zero-order chi connectivity index (χ0) is 15.2. The molecule has 4 nitrogen and oxygen atoms in total. The fourth-order valence-corrected chi connectivity index (χ4v) is 3.63. The highest BCUT2D eigenvalue weighted by Crippen LogP contribution is 2.27. The van der Waals surface area contributed by atoms with Crippen molar-refractivity contribution in [2.45, 2.75) is 32.7 Å². The molecular weight excluding hydrogens is 408 g/mol. The molecule has 0 atom stereocenters. The van der Waals surface area contributed by atoms with Gasteiger partial charge < -0.3 is 5.32 Å². The van der Waals surface area contributed by atoms with E-state index in [0.717, 1.165) is 21.9 Å². The van der Waals surface area contributed by atoms with Crippen molar-refractivity contribution in [3.05, 3.63) is 27.1 Å². The van der Waals surface area contributed by atoms with Gasteiger partial charge in [0.1, 0.15) is 0 Å². The average Bonchev–Trinajstić information content (AvgIpc) is 2.32. The third kappa shape index (κ3) is 7.06. The molecule has 1 aromatic carbocycles. The van der Waals surface area contributed by atoms with Crippen LogP contribution in [-0.4, -0.2) is 26.8 Å². The molecule has 0 aromatic heterocycles. The van der Waals surface area contributed by atoms with Crippen molar-refractivity contribution in [2.75, 3.05) is 17.0 Å². The number of anilines is 1. The molecule has 0 radical (unpaired) electrons. The predicted molar refractivity (Wildman–Crippen MR) is 91.6 cm³/mol. The highest BCUT2D eigenvalue weighted by molar-refractivity contribution is 9.11. The van der Waals surface area contributed by atoms with Gasteiger partial charge in [0.15, 0.2) is 0 Å². The number of nitrogens with one attached hydrogen (secondary N) is 2. The molecule has 114 valence electrons. The van der Waals surface area contributed by atoms with Crippen LogP contribution in [0.2, 0.25) is 0 Å². The van der Waals surface area contributed by atoms with E-state index < -0.39 is 10.0 Å².